The first-order chi connectivity index (χ1) is 15.7. The van der Waals surface area contributed by atoms with E-state index in [9.17, 15) is 9.59 Å². The number of carbonyl (C=O) groups excluding carboxylic acids is 2. The third kappa shape index (κ3) is 5.64. The third-order valence-electron chi connectivity index (χ3n) is 4.72. The van der Waals surface area contributed by atoms with Gasteiger partial charge in [0.2, 0.25) is 0 Å². The number of hydrogen-bond acceptors (Lipinski definition) is 4. The van der Waals surface area contributed by atoms with Crippen molar-refractivity contribution in [3.05, 3.63) is 114 Å². The molecule has 0 atom stereocenters. The highest BCUT2D eigenvalue weighted by Crippen LogP contribution is 2.19. The maximum Gasteiger partial charge on any atom is 0.291 e. The van der Waals surface area contributed by atoms with E-state index in [1.807, 2.05) is 24.3 Å². The van der Waals surface area contributed by atoms with E-state index >= 15 is 0 Å². The van der Waals surface area contributed by atoms with Gasteiger partial charge in [-0.05, 0) is 54.1 Å². The van der Waals surface area contributed by atoms with Crippen molar-refractivity contribution in [3.8, 4) is 5.75 Å². The van der Waals surface area contributed by atoms with Crippen LogP contribution in [-0.2, 0) is 6.42 Å². The summed E-state index contributed by atoms with van der Waals surface area (Å²) in [6, 6.07) is 27.3. The minimum Gasteiger partial charge on any atom is -0.493 e. The van der Waals surface area contributed by atoms with Gasteiger partial charge in [0.1, 0.15) is 5.75 Å². The molecule has 4 aromatic rings. The highest BCUT2D eigenvalue weighted by Gasteiger charge is 2.11. The van der Waals surface area contributed by atoms with Crippen LogP contribution in [0, 0.1) is 0 Å². The standard InChI is InChI=1S/C26H22N2O4/c29-25(20-9-4-12-23(17-20)31-16-14-19-7-2-1-3-8-19)27-21-10-5-11-22(18-21)28-26(30)24-13-6-15-32-24/h1-13,15,17-18H,14,16H2,(H,27,29)(H,28,30). The molecule has 2 amide bonds. The molecule has 0 aliphatic rings. The molecule has 0 aliphatic heterocycles. The van der Waals surface area contributed by atoms with Gasteiger partial charge in [0.15, 0.2) is 5.76 Å². The summed E-state index contributed by atoms with van der Waals surface area (Å²) in [4.78, 5) is 24.9. The average molecular weight is 426 g/mol. The molecule has 0 radical (unpaired) electrons. The van der Waals surface area contributed by atoms with Crippen molar-refractivity contribution in [2.24, 2.45) is 0 Å². The minimum absolute atomic E-state index is 0.212. The summed E-state index contributed by atoms with van der Waals surface area (Å²) in [5.41, 5.74) is 2.78. The predicted molar refractivity (Wildman–Crippen MR) is 123 cm³/mol. The number of carbonyl (C=O) groups is 2. The Kier molecular flexibility index (Phi) is 6.63. The lowest BCUT2D eigenvalue weighted by Crippen LogP contribution is -2.13. The Morgan fingerprint density at radius 3 is 2.25 bits per heavy atom. The Morgan fingerprint density at radius 2 is 1.50 bits per heavy atom. The molecule has 0 bridgehead atoms. The van der Waals surface area contributed by atoms with Crippen LogP contribution in [-0.4, -0.2) is 18.4 Å². The van der Waals surface area contributed by atoms with E-state index in [4.69, 9.17) is 9.15 Å². The lowest BCUT2D eigenvalue weighted by Gasteiger charge is -2.10. The van der Waals surface area contributed by atoms with Crippen LogP contribution in [0.2, 0.25) is 0 Å². The molecular weight excluding hydrogens is 404 g/mol. The molecule has 6 heteroatoms. The Labute approximate surface area is 185 Å². The molecule has 2 N–H and O–H groups in total. The van der Waals surface area contributed by atoms with Crippen molar-refractivity contribution in [3.63, 3.8) is 0 Å². The van der Waals surface area contributed by atoms with Crippen LogP contribution in [0.15, 0.2) is 102 Å². The van der Waals surface area contributed by atoms with Gasteiger partial charge in [-0.1, -0.05) is 42.5 Å². The van der Waals surface area contributed by atoms with E-state index in [2.05, 4.69) is 22.8 Å². The summed E-state index contributed by atoms with van der Waals surface area (Å²) >= 11 is 0. The van der Waals surface area contributed by atoms with Gasteiger partial charge < -0.3 is 19.8 Å². The SMILES string of the molecule is O=C(Nc1cccc(NC(=O)c2ccco2)c1)c1cccc(OCCc2ccccc2)c1. The van der Waals surface area contributed by atoms with Crippen LogP contribution in [0.3, 0.4) is 0 Å². The molecule has 0 spiro atoms. The molecule has 160 valence electrons. The molecule has 0 aliphatic carbocycles. The number of hydrogen-bond donors (Lipinski definition) is 2. The Balaban J connectivity index is 1.35. The molecular formula is C26H22N2O4. The quantitative estimate of drug-likeness (QED) is 0.395. The van der Waals surface area contributed by atoms with Crippen molar-refractivity contribution in [2.45, 2.75) is 6.42 Å². The number of ether oxygens (including phenoxy) is 1. The van der Waals surface area contributed by atoms with E-state index in [1.165, 1.54) is 11.8 Å². The molecule has 4 rings (SSSR count). The van der Waals surface area contributed by atoms with Gasteiger partial charge in [-0.3, -0.25) is 9.59 Å². The van der Waals surface area contributed by atoms with E-state index < -0.39 is 0 Å². The summed E-state index contributed by atoms with van der Waals surface area (Å²) < 4.78 is 10.9. The molecule has 1 aromatic heterocycles. The minimum atomic E-state index is -0.362. The number of furan rings is 1. The van der Waals surface area contributed by atoms with Gasteiger partial charge in [0.25, 0.3) is 11.8 Å². The maximum absolute atomic E-state index is 12.7. The summed E-state index contributed by atoms with van der Waals surface area (Å²) in [6.45, 7) is 0.520. The maximum atomic E-state index is 12.7. The van der Waals surface area contributed by atoms with Gasteiger partial charge in [0, 0.05) is 23.4 Å². The molecule has 6 nitrogen and oxygen atoms in total. The van der Waals surface area contributed by atoms with E-state index in [-0.39, 0.29) is 17.6 Å². The second-order valence-corrected chi connectivity index (χ2v) is 7.08. The van der Waals surface area contributed by atoms with E-state index in [0.29, 0.717) is 29.3 Å². The highest BCUT2D eigenvalue weighted by atomic mass is 16.5. The zero-order chi connectivity index (χ0) is 22.2. The summed E-state index contributed by atoms with van der Waals surface area (Å²) in [6.07, 6.45) is 2.22. The van der Waals surface area contributed by atoms with Gasteiger partial charge in [-0.2, -0.15) is 0 Å². The van der Waals surface area contributed by atoms with Gasteiger partial charge >= 0.3 is 0 Å². The van der Waals surface area contributed by atoms with E-state index in [0.717, 1.165) is 6.42 Å². The smallest absolute Gasteiger partial charge is 0.291 e. The van der Waals surface area contributed by atoms with Crippen molar-refractivity contribution < 1.29 is 18.7 Å². The lowest BCUT2D eigenvalue weighted by molar-refractivity contribution is 0.0995. The Bertz CT molecular complexity index is 1190. The molecule has 0 fully saturated rings. The lowest BCUT2D eigenvalue weighted by atomic mass is 10.1. The summed E-state index contributed by atoms with van der Waals surface area (Å²) in [5.74, 6) is 0.211. The summed E-state index contributed by atoms with van der Waals surface area (Å²) in [7, 11) is 0. The molecule has 0 saturated heterocycles. The number of nitrogens with one attached hydrogen (secondary N) is 2. The predicted octanol–water partition coefficient (Wildman–Crippen LogP) is 5.41. The third-order valence-corrected chi connectivity index (χ3v) is 4.72. The second kappa shape index (κ2) is 10.1. The monoisotopic (exact) mass is 426 g/mol. The van der Waals surface area contributed by atoms with Crippen LogP contribution in [0.1, 0.15) is 26.5 Å². The largest absolute Gasteiger partial charge is 0.493 e. The number of rotatable bonds is 8. The van der Waals surface area contributed by atoms with Crippen LogP contribution in [0.4, 0.5) is 11.4 Å². The van der Waals surface area contributed by atoms with Gasteiger partial charge in [0.05, 0.1) is 12.9 Å². The topological polar surface area (TPSA) is 80.6 Å². The number of benzene rings is 3. The van der Waals surface area contributed by atoms with Crippen molar-refractivity contribution >= 4 is 23.2 Å². The fourth-order valence-corrected chi connectivity index (χ4v) is 3.14. The fraction of sp³-hybridized carbons (Fsp3) is 0.0769. The molecule has 32 heavy (non-hydrogen) atoms. The van der Waals surface area contributed by atoms with Crippen LogP contribution < -0.4 is 15.4 Å². The zero-order valence-electron chi connectivity index (χ0n) is 17.3. The van der Waals surface area contributed by atoms with Crippen molar-refractivity contribution in [1.29, 1.82) is 0 Å². The van der Waals surface area contributed by atoms with Crippen LogP contribution >= 0.6 is 0 Å². The molecule has 0 unspecified atom stereocenters. The second-order valence-electron chi connectivity index (χ2n) is 7.08. The molecule has 1 heterocycles. The van der Waals surface area contributed by atoms with Gasteiger partial charge in [-0.15, -0.1) is 0 Å². The summed E-state index contributed by atoms with van der Waals surface area (Å²) in [5, 5.41) is 5.59. The number of amides is 2. The average Bonchev–Trinajstić information content (AvgIpc) is 3.36. The first kappa shape index (κ1) is 20.9. The van der Waals surface area contributed by atoms with Crippen molar-refractivity contribution in [1.82, 2.24) is 0 Å². The normalized spacial score (nSPS) is 10.4. The van der Waals surface area contributed by atoms with Crippen LogP contribution in [0.25, 0.3) is 0 Å². The number of anilines is 2. The zero-order valence-corrected chi connectivity index (χ0v) is 17.3. The fourth-order valence-electron chi connectivity index (χ4n) is 3.14. The highest BCUT2D eigenvalue weighted by molar-refractivity contribution is 6.05. The first-order valence-electron chi connectivity index (χ1n) is 10.2. The Morgan fingerprint density at radius 1 is 0.750 bits per heavy atom. The molecule has 3 aromatic carbocycles. The van der Waals surface area contributed by atoms with Crippen LogP contribution in [0.5, 0.6) is 5.75 Å². The molecule has 0 saturated carbocycles. The first-order valence-corrected chi connectivity index (χ1v) is 10.2. The van der Waals surface area contributed by atoms with Gasteiger partial charge in [-0.25, -0.2) is 0 Å². The van der Waals surface area contributed by atoms with E-state index in [1.54, 1.807) is 54.6 Å². The Hall–Kier alpha value is -4.32. The van der Waals surface area contributed by atoms with Crippen molar-refractivity contribution in [2.75, 3.05) is 17.2 Å².